The SMILES string of the molecule is CCC(C)CCCCCCCCC(=O)OC[C@H](COP(=O)(O)OCC(O)COP(=O)(O)OC[C@@H](COC(=O)CCCCCCCCC(C)CC)OC(=O)CCCCCCCCCCCC(C)C)OC(=O)CCCCCCCCCCCC(C)C. The van der Waals surface area contributed by atoms with E-state index in [4.69, 9.17) is 37.0 Å². The minimum absolute atomic E-state index is 0.104. The van der Waals surface area contributed by atoms with Gasteiger partial charge in [-0.25, -0.2) is 9.13 Å². The molecule has 0 amide bonds. The second-order valence-electron chi connectivity index (χ2n) is 24.9. The van der Waals surface area contributed by atoms with E-state index < -0.39 is 97.5 Å². The molecule has 17 nitrogen and oxygen atoms in total. The van der Waals surface area contributed by atoms with Crippen molar-refractivity contribution in [1.29, 1.82) is 0 Å². The van der Waals surface area contributed by atoms with Crippen LogP contribution in [0.3, 0.4) is 0 Å². The summed E-state index contributed by atoms with van der Waals surface area (Å²) in [5, 5.41) is 10.5. The number of rotatable bonds is 62. The van der Waals surface area contributed by atoms with E-state index in [-0.39, 0.29) is 25.7 Å². The average Bonchev–Trinajstić information content (AvgIpc) is 3.53. The fraction of sp³-hybridized carbons (Fsp3) is 0.938. The summed E-state index contributed by atoms with van der Waals surface area (Å²) in [6.45, 7) is 14.0. The van der Waals surface area contributed by atoms with Crippen LogP contribution in [-0.2, 0) is 65.4 Å². The summed E-state index contributed by atoms with van der Waals surface area (Å²) in [5.41, 5.74) is 0. The molecule has 0 fully saturated rings. The van der Waals surface area contributed by atoms with Crippen LogP contribution in [0.15, 0.2) is 0 Å². The lowest BCUT2D eigenvalue weighted by molar-refractivity contribution is -0.161. The second-order valence-corrected chi connectivity index (χ2v) is 27.8. The number of unbranched alkanes of at least 4 members (excludes halogenated alkanes) is 26. The normalized spacial score (nSPS) is 15.1. The highest BCUT2D eigenvalue weighted by molar-refractivity contribution is 7.47. The Morgan fingerprint density at radius 3 is 0.845 bits per heavy atom. The molecule has 0 radical (unpaired) electrons. The lowest BCUT2D eigenvalue weighted by Gasteiger charge is -2.21. The number of esters is 4. The lowest BCUT2D eigenvalue weighted by atomic mass is 10.00. The molecule has 19 heteroatoms. The molecule has 498 valence electrons. The van der Waals surface area contributed by atoms with Crippen LogP contribution in [0.4, 0.5) is 0 Å². The molecule has 0 aliphatic carbocycles. The van der Waals surface area contributed by atoms with E-state index in [1.165, 1.54) is 103 Å². The highest BCUT2D eigenvalue weighted by Crippen LogP contribution is 2.45. The van der Waals surface area contributed by atoms with Gasteiger partial charge in [0.1, 0.15) is 19.3 Å². The van der Waals surface area contributed by atoms with E-state index in [2.05, 4.69) is 55.4 Å². The summed E-state index contributed by atoms with van der Waals surface area (Å²) in [6.07, 6.45) is 34.9. The van der Waals surface area contributed by atoms with Crippen molar-refractivity contribution in [3.05, 3.63) is 0 Å². The number of aliphatic hydroxyl groups excluding tert-OH is 1. The van der Waals surface area contributed by atoms with Crippen LogP contribution in [0, 0.1) is 23.7 Å². The van der Waals surface area contributed by atoms with E-state index >= 15 is 0 Å². The maximum Gasteiger partial charge on any atom is 0.472 e. The molecule has 0 rings (SSSR count). The largest absolute Gasteiger partial charge is 0.472 e. The Morgan fingerprint density at radius 2 is 0.571 bits per heavy atom. The van der Waals surface area contributed by atoms with Gasteiger partial charge in [0.15, 0.2) is 12.2 Å². The van der Waals surface area contributed by atoms with Gasteiger partial charge in [0.05, 0.1) is 26.4 Å². The zero-order chi connectivity index (χ0) is 62.5. The first-order valence-electron chi connectivity index (χ1n) is 33.8. The van der Waals surface area contributed by atoms with Gasteiger partial charge in [0, 0.05) is 25.7 Å². The quantitative estimate of drug-likeness (QED) is 0.0222. The Kier molecular flexibility index (Phi) is 53.9. The summed E-state index contributed by atoms with van der Waals surface area (Å²) in [6, 6.07) is 0. The predicted molar refractivity (Wildman–Crippen MR) is 335 cm³/mol. The van der Waals surface area contributed by atoms with Crippen LogP contribution in [0.25, 0.3) is 0 Å². The molecular weight excluding hydrogens is 1110 g/mol. The molecule has 0 aliphatic heterocycles. The lowest BCUT2D eigenvalue weighted by Crippen LogP contribution is -2.30. The van der Waals surface area contributed by atoms with Crippen molar-refractivity contribution < 1.29 is 80.2 Å². The number of hydrogen-bond donors (Lipinski definition) is 3. The molecule has 0 aromatic rings. The maximum atomic E-state index is 13.0. The number of carbonyl (C=O) groups is 4. The molecule has 0 aromatic heterocycles. The Hall–Kier alpha value is -1.94. The Bertz CT molecular complexity index is 1560. The minimum Gasteiger partial charge on any atom is -0.462 e. The Balaban J connectivity index is 5.27. The molecule has 0 aromatic carbocycles. The van der Waals surface area contributed by atoms with Gasteiger partial charge in [-0.2, -0.15) is 0 Å². The molecule has 4 unspecified atom stereocenters. The van der Waals surface area contributed by atoms with Crippen molar-refractivity contribution in [2.24, 2.45) is 23.7 Å². The van der Waals surface area contributed by atoms with E-state index in [1.807, 2.05) is 0 Å². The van der Waals surface area contributed by atoms with Crippen LogP contribution in [0.5, 0.6) is 0 Å². The second kappa shape index (κ2) is 55.2. The molecule has 6 atom stereocenters. The molecule has 3 N–H and O–H groups in total. The predicted octanol–water partition coefficient (Wildman–Crippen LogP) is 17.8. The van der Waals surface area contributed by atoms with E-state index in [1.54, 1.807) is 0 Å². The summed E-state index contributed by atoms with van der Waals surface area (Å²) in [4.78, 5) is 72.3. The van der Waals surface area contributed by atoms with Crippen molar-refractivity contribution in [1.82, 2.24) is 0 Å². The topological polar surface area (TPSA) is 237 Å². The summed E-state index contributed by atoms with van der Waals surface area (Å²) < 4.78 is 68.0. The third kappa shape index (κ3) is 56.6. The standard InChI is InChI=1S/C65H126O17P2/c1-9-57(7)43-35-27-21-23-29-37-45-62(67)75-51-60(81-64(69)47-39-31-19-15-11-13-17-25-33-41-55(3)4)53-79-83(71,72)77-49-59(66)50-78-84(73,74)80-54-61(52-76-63(68)46-38-30-24-22-28-36-44-58(8)10-2)82-65(70)48-40-32-20-16-12-14-18-26-34-42-56(5)6/h55-61,66H,9-54H2,1-8H3,(H,71,72)(H,73,74)/t57?,58?,59?,60-,61-/m1/s1. The number of phosphoric ester groups is 2. The average molecular weight is 1240 g/mol. The summed E-state index contributed by atoms with van der Waals surface area (Å²) in [7, 11) is -9.89. The summed E-state index contributed by atoms with van der Waals surface area (Å²) >= 11 is 0. The fourth-order valence-electron chi connectivity index (χ4n) is 9.54. The third-order valence-electron chi connectivity index (χ3n) is 15.5. The zero-order valence-electron chi connectivity index (χ0n) is 54.5. The van der Waals surface area contributed by atoms with Crippen molar-refractivity contribution in [3.8, 4) is 0 Å². The molecule has 84 heavy (non-hydrogen) atoms. The molecule has 0 heterocycles. The Labute approximate surface area is 511 Å². The van der Waals surface area contributed by atoms with E-state index in [0.29, 0.717) is 25.7 Å². The van der Waals surface area contributed by atoms with Gasteiger partial charge in [-0.05, 0) is 49.4 Å². The van der Waals surface area contributed by atoms with Gasteiger partial charge < -0.3 is 33.8 Å². The van der Waals surface area contributed by atoms with Crippen LogP contribution in [0.1, 0.15) is 312 Å². The molecule has 0 saturated carbocycles. The number of aliphatic hydroxyl groups is 1. The van der Waals surface area contributed by atoms with Crippen LogP contribution in [0.2, 0.25) is 0 Å². The van der Waals surface area contributed by atoms with Gasteiger partial charge in [-0.3, -0.25) is 37.3 Å². The van der Waals surface area contributed by atoms with Crippen molar-refractivity contribution in [3.63, 3.8) is 0 Å². The van der Waals surface area contributed by atoms with Gasteiger partial charge in [0.2, 0.25) is 0 Å². The highest BCUT2D eigenvalue weighted by Gasteiger charge is 2.30. The summed E-state index contributed by atoms with van der Waals surface area (Å²) in [5.74, 6) is 0.795. The van der Waals surface area contributed by atoms with Crippen molar-refractivity contribution in [2.75, 3.05) is 39.6 Å². The monoisotopic (exact) mass is 1240 g/mol. The van der Waals surface area contributed by atoms with Crippen molar-refractivity contribution >= 4 is 39.5 Å². The number of hydrogen-bond acceptors (Lipinski definition) is 15. The fourth-order valence-corrected chi connectivity index (χ4v) is 11.1. The molecular formula is C65H126O17P2. The van der Waals surface area contributed by atoms with Crippen LogP contribution in [-0.4, -0.2) is 96.7 Å². The zero-order valence-corrected chi connectivity index (χ0v) is 56.3. The van der Waals surface area contributed by atoms with Crippen LogP contribution < -0.4 is 0 Å². The van der Waals surface area contributed by atoms with Gasteiger partial charge in [-0.1, -0.05) is 261 Å². The van der Waals surface area contributed by atoms with Gasteiger partial charge >= 0.3 is 39.5 Å². The molecule has 0 saturated heterocycles. The first-order chi connectivity index (χ1) is 40.2. The third-order valence-corrected chi connectivity index (χ3v) is 17.4. The number of carbonyl (C=O) groups excluding carboxylic acids is 4. The smallest absolute Gasteiger partial charge is 0.462 e. The number of ether oxygens (including phenoxy) is 4. The molecule has 0 aliphatic rings. The molecule has 0 spiro atoms. The molecule has 0 bridgehead atoms. The number of phosphoric acid groups is 2. The van der Waals surface area contributed by atoms with E-state index in [0.717, 1.165) is 126 Å². The van der Waals surface area contributed by atoms with E-state index in [9.17, 15) is 43.2 Å². The van der Waals surface area contributed by atoms with Crippen molar-refractivity contribution in [2.45, 2.75) is 331 Å². The first kappa shape index (κ1) is 82.1. The highest BCUT2D eigenvalue weighted by atomic mass is 31.2. The first-order valence-corrected chi connectivity index (χ1v) is 36.8. The van der Waals surface area contributed by atoms with Gasteiger partial charge in [-0.15, -0.1) is 0 Å². The Morgan fingerprint density at radius 1 is 0.333 bits per heavy atom. The minimum atomic E-state index is -4.95. The van der Waals surface area contributed by atoms with Gasteiger partial charge in [0.25, 0.3) is 0 Å². The maximum absolute atomic E-state index is 13.0. The van der Waals surface area contributed by atoms with Crippen LogP contribution >= 0.6 is 15.6 Å².